The average Bonchev–Trinajstić information content (AvgIpc) is 3.32. The van der Waals surface area contributed by atoms with Crippen LogP contribution in [0.2, 0.25) is 0 Å². The molecule has 1 saturated heterocycles. The zero-order chi connectivity index (χ0) is 22.5. The van der Waals surface area contributed by atoms with Crippen molar-refractivity contribution in [1.29, 1.82) is 0 Å². The Kier molecular flexibility index (Phi) is 6.44. The van der Waals surface area contributed by atoms with Crippen LogP contribution < -0.4 is 4.74 Å². The molecule has 1 aliphatic rings. The molecule has 0 atom stereocenters. The van der Waals surface area contributed by atoms with E-state index >= 15 is 0 Å². The highest BCUT2D eigenvalue weighted by atomic mass is 19.1. The third-order valence-corrected chi connectivity index (χ3v) is 5.36. The van der Waals surface area contributed by atoms with Crippen molar-refractivity contribution < 1.29 is 28.0 Å². The predicted octanol–water partition coefficient (Wildman–Crippen LogP) is 3.48. The van der Waals surface area contributed by atoms with E-state index in [1.54, 1.807) is 36.3 Å². The number of ether oxygens (including phenoxy) is 2. The van der Waals surface area contributed by atoms with Crippen molar-refractivity contribution in [3.63, 3.8) is 0 Å². The molecule has 2 heterocycles. The van der Waals surface area contributed by atoms with E-state index in [1.165, 1.54) is 24.3 Å². The highest BCUT2D eigenvalue weighted by molar-refractivity contribution is 5.94. The van der Waals surface area contributed by atoms with Crippen molar-refractivity contribution in [2.75, 3.05) is 20.2 Å². The third kappa shape index (κ3) is 4.93. The standard InChI is InChI=1S/C23H22FN3O5/c1-30-19-8-4-15(5-9-19)21-25-20(32-26-21)14-31-23(29)17-10-12-27(13-11-17)22(28)16-2-6-18(24)7-3-16/h2-9,17H,10-14H2,1H3. The van der Waals surface area contributed by atoms with Gasteiger partial charge in [-0.25, -0.2) is 4.39 Å². The Hall–Kier alpha value is -3.75. The average molecular weight is 439 g/mol. The lowest BCUT2D eigenvalue weighted by atomic mass is 9.96. The molecule has 8 nitrogen and oxygen atoms in total. The second kappa shape index (κ2) is 9.59. The van der Waals surface area contributed by atoms with Gasteiger partial charge in [-0.3, -0.25) is 9.59 Å². The fraction of sp³-hybridized carbons (Fsp3) is 0.304. The number of benzene rings is 2. The lowest BCUT2D eigenvalue weighted by Gasteiger charge is -2.30. The topological polar surface area (TPSA) is 94.8 Å². The van der Waals surface area contributed by atoms with Crippen LogP contribution in [0, 0.1) is 11.7 Å². The predicted molar refractivity (Wildman–Crippen MR) is 111 cm³/mol. The number of halogens is 1. The summed E-state index contributed by atoms with van der Waals surface area (Å²) in [5.74, 6) is 0.0876. The zero-order valence-electron chi connectivity index (χ0n) is 17.5. The van der Waals surface area contributed by atoms with Crippen LogP contribution in [0.4, 0.5) is 4.39 Å². The molecule has 0 unspecified atom stereocenters. The summed E-state index contributed by atoms with van der Waals surface area (Å²) in [4.78, 5) is 30.9. The Balaban J connectivity index is 1.26. The summed E-state index contributed by atoms with van der Waals surface area (Å²) >= 11 is 0. The van der Waals surface area contributed by atoms with Gasteiger partial charge in [-0.05, 0) is 61.4 Å². The molecule has 3 aromatic rings. The summed E-state index contributed by atoms with van der Waals surface area (Å²) in [6, 6.07) is 12.6. The number of rotatable bonds is 6. The van der Waals surface area contributed by atoms with Gasteiger partial charge >= 0.3 is 5.97 Å². The summed E-state index contributed by atoms with van der Waals surface area (Å²) in [5, 5.41) is 3.91. The van der Waals surface area contributed by atoms with Crippen LogP contribution in [0.15, 0.2) is 53.1 Å². The van der Waals surface area contributed by atoms with Gasteiger partial charge in [-0.15, -0.1) is 0 Å². The number of methoxy groups -OCH3 is 1. The van der Waals surface area contributed by atoms with E-state index in [0.717, 1.165) is 11.3 Å². The second-order valence-corrected chi connectivity index (χ2v) is 7.42. The minimum atomic E-state index is -0.389. The Morgan fingerprint density at radius 2 is 1.78 bits per heavy atom. The summed E-state index contributed by atoms with van der Waals surface area (Å²) in [6.07, 6.45) is 0.986. The summed E-state index contributed by atoms with van der Waals surface area (Å²) in [5.41, 5.74) is 1.18. The molecule has 0 radical (unpaired) electrons. The quantitative estimate of drug-likeness (QED) is 0.543. The van der Waals surface area contributed by atoms with Gasteiger partial charge in [-0.2, -0.15) is 4.98 Å². The number of hydrogen-bond donors (Lipinski definition) is 0. The minimum absolute atomic E-state index is 0.114. The van der Waals surface area contributed by atoms with Gasteiger partial charge in [0.15, 0.2) is 6.61 Å². The molecule has 2 aromatic carbocycles. The van der Waals surface area contributed by atoms with E-state index in [2.05, 4.69) is 10.1 Å². The Morgan fingerprint density at radius 3 is 2.44 bits per heavy atom. The summed E-state index contributed by atoms with van der Waals surface area (Å²) in [6.45, 7) is 0.743. The van der Waals surface area contributed by atoms with Crippen LogP contribution in [0.1, 0.15) is 29.1 Å². The second-order valence-electron chi connectivity index (χ2n) is 7.42. The maximum absolute atomic E-state index is 13.0. The van der Waals surface area contributed by atoms with E-state index in [4.69, 9.17) is 14.0 Å². The Morgan fingerprint density at radius 1 is 1.09 bits per heavy atom. The van der Waals surface area contributed by atoms with Crippen LogP contribution in [0.25, 0.3) is 11.4 Å². The largest absolute Gasteiger partial charge is 0.497 e. The fourth-order valence-electron chi connectivity index (χ4n) is 3.51. The lowest BCUT2D eigenvalue weighted by Crippen LogP contribution is -2.40. The smallest absolute Gasteiger partial charge is 0.309 e. The first-order valence-electron chi connectivity index (χ1n) is 10.2. The van der Waals surface area contributed by atoms with Crippen molar-refractivity contribution in [1.82, 2.24) is 15.0 Å². The molecule has 0 spiro atoms. The van der Waals surface area contributed by atoms with E-state index < -0.39 is 0 Å². The monoisotopic (exact) mass is 439 g/mol. The number of nitrogens with zero attached hydrogens (tertiary/aromatic N) is 3. The fourth-order valence-corrected chi connectivity index (χ4v) is 3.51. The molecule has 1 fully saturated rings. The van der Waals surface area contributed by atoms with Crippen molar-refractivity contribution in [3.05, 3.63) is 65.8 Å². The SMILES string of the molecule is COc1ccc(-c2noc(COC(=O)C3CCN(C(=O)c4ccc(F)cc4)CC3)n2)cc1. The van der Waals surface area contributed by atoms with E-state index in [0.29, 0.717) is 37.3 Å². The molecule has 0 saturated carbocycles. The van der Waals surface area contributed by atoms with Crippen LogP contribution in [0.5, 0.6) is 5.75 Å². The Labute approximate surface area is 183 Å². The van der Waals surface area contributed by atoms with Gasteiger partial charge in [0.2, 0.25) is 5.82 Å². The molecule has 4 rings (SSSR count). The third-order valence-electron chi connectivity index (χ3n) is 5.36. The first kappa shape index (κ1) is 21.5. The van der Waals surface area contributed by atoms with Crippen LogP contribution in [0.3, 0.4) is 0 Å². The van der Waals surface area contributed by atoms with Gasteiger partial charge in [0.1, 0.15) is 11.6 Å². The molecule has 0 aliphatic carbocycles. The normalized spacial score (nSPS) is 14.2. The summed E-state index contributed by atoms with van der Waals surface area (Å²) < 4.78 is 28.7. The van der Waals surface area contributed by atoms with Crippen LogP contribution in [-0.2, 0) is 16.1 Å². The molecule has 1 aromatic heterocycles. The highest BCUT2D eigenvalue weighted by Gasteiger charge is 2.29. The van der Waals surface area contributed by atoms with Crippen molar-refractivity contribution in [2.24, 2.45) is 5.92 Å². The van der Waals surface area contributed by atoms with Crippen molar-refractivity contribution in [2.45, 2.75) is 19.4 Å². The molecular weight excluding hydrogens is 417 g/mol. The first-order valence-corrected chi connectivity index (χ1v) is 10.2. The molecule has 1 amide bonds. The summed E-state index contributed by atoms with van der Waals surface area (Å²) in [7, 11) is 1.59. The molecule has 0 bridgehead atoms. The van der Waals surface area contributed by atoms with E-state index in [1.807, 2.05) is 0 Å². The van der Waals surface area contributed by atoms with Crippen LogP contribution >= 0.6 is 0 Å². The number of esters is 1. The molecule has 9 heteroatoms. The van der Waals surface area contributed by atoms with Gasteiger partial charge in [0.25, 0.3) is 11.8 Å². The first-order chi connectivity index (χ1) is 15.5. The maximum Gasteiger partial charge on any atom is 0.309 e. The maximum atomic E-state index is 13.0. The van der Waals surface area contributed by atoms with Gasteiger partial charge in [0.05, 0.1) is 13.0 Å². The lowest BCUT2D eigenvalue weighted by molar-refractivity contribution is -0.152. The molecule has 1 aliphatic heterocycles. The number of amides is 1. The number of hydrogen-bond acceptors (Lipinski definition) is 7. The molecule has 32 heavy (non-hydrogen) atoms. The van der Waals surface area contributed by atoms with Crippen LogP contribution in [-0.4, -0.2) is 47.1 Å². The number of likely N-dealkylation sites (tertiary alicyclic amines) is 1. The minimum Gasteiger partial charge on any atom is -0.497 e. The number of aromatic nitrogens is 2. The number of piperidine rings is 1. The van der Waals surface area contributed by atoms with Gasteiger partial charge in [0, 0.05) is 24.2 Å². The van der Waals surface area contributed by atoms with Gasteiger partial charge in [-0.1, -0.05) is 5.16 Å². The van der Waals surface area contributed by atoms with E-state index in [-0.39, 0.29) is 36.1 Å². The van der Waals surface area contributed by atoms with E-state index in [9.17, 15) is 14.0 Å². The molecule has 166 valence electrons. The highest BCUT2D eigenvalue weighted by Crippen LogP contribution is 2.22. The van der Waals surface area contributed by atoms with Crippen molar-refractivity contribution in [3.8, 4) is 17.1 Å². The zero-order valence-corrected chi connectivity index (χ0v) is 17.5. The number of carbonyl (C=O) groups is 2. The molecule has 0 N–H and O–H groups in total. The Bertz CT molecular complexity index is 1070. The number of carbonyl (C=O) groups excluding carboxylic acids is 2. The van der Waals surface area contributed by atoms with Gasteiger partial charge < -0.3 is 18.9 Å². The van der Waals surface area contributed by atoms with Crippen molar-refractivity contribution >= 4 is 11.9 Å². The molecular formula is C23H22FN3O5.